The first-order valence-corrected chi connectivity index (χ1v) is 11.8. The van der Waals surface area contributed by atoms with Crippen LogP contribution < -0.4 is 10.1 Å². The van der Waals surface area contributed by atoms with Crippen molar-refractivity contribution >= 4 is 19.4 Å². The normalized spacial score (nSPS) is 13.7. The summed E-state index contributed by atoms with van der Waals surface area (Å²) >= 11 is 0. The summed E-state index contributed by atoms with van der Waals surface area (Å²) in [6, 6.07) is 12.0. The fourth-order valence-electron chi connectivity index (χ4n) is 2.93. The van der Waals surface area contributed by atoms with Crippen molar-refractivity contribution in [2.24, 2.45) is 0 Å². The minimum Gasteiger partial charge on any atom is -0.497 e. The summed E-state index contributed by atoms with van der Waals surface area (Å²) in [5.41, 5.74) is -0.268. The molecular formula is C23H29F3NO4P. The Bertz CT molecular complexity index is 929. The number of benzene rings is 2. The Hall–Kier alpha value is -2.28. The second-order valence-corrected chi connectivity index (χ2v) is 9.67. The molecule has 0 spiro atoms. The van der Waals surface area contributed by atoms with E-state index >= 15 is 0 Å². The van der Waals surface area contributed by atoms with Crippen molar-refractivity contribution in [1.29, 1.82) is 0 Å². The van der Waals surface area contributed by atoms with Gasteiger partial charge in [0.2, 0.25) is 0 Å². The maximum Gasteiger partial charge on any atom is 0.416 e. The number of nitrogens with one attached hydrogen (secondary N) is 1. The van der Waals surface area contributed by atoms with Gasteiger partial charge in [0.05, 0.1) is 24.9 Å². The molecule has 2 rings (SSSR count). The molecule has 0 bridgehead atoms. The summed E-state index contributed by atoms with van der Waals surface area (Å²) in [6.07, 6.45) is -2.72. The van der Waals surface area contributed by atoms with E-state index in [-0.39, 0.29) is 5.56 Å². The van der Waals surface area contributed by atoms with Crippen LogP contribution in [0.5, 0.6) is 5.75 Å². The van der Waals surface area contributed by atoms with Gasteiger partial charge in [-0.05, 0) is 69.7 Å². The molecular weight excluding hydrogens is 442 g/mol. The third-order valence-corrected chi connectivity index (χ3v) is 6.60. The van der Waals surface area contributed by atoms with Crippen LogP contribution in [-0.2, 0) is 19.8 Å². The van der Waals surface area contributed by atoms with E-state index in [9.17, 15) is 17.7 Å². The molecule has 1 N–H and O–H groups in total. The van der Waals surface area contributed by atoms with Crippen LogP contribution in [0.15, 0.2) is 54.6 Å². The molecule has 9 heteroatoms. The van der Waals surface area contributed by atoms with E-state index in [1.54, 1.807) is 52.0 Å². The quantitative estimate of drug-likeness (QED) is 0.371. The molecule has 2 aromatic carbocycles. The minimum atomic E-state index is -4.52. The van der Waals surface area contributed by atoms with Crippen molar-refractivity contribution in [2.45, 2.75) is 51.9 Å². The lowest BCUT2D eigenvalue weighted by atomic mass is 10.1. The van der Waals surface area contributed by atoms with E-state index in [0.717, 1.165) is 6.07 Å². The molecule has 176 valence electrons. The Morgan fingerprint density at radius 3 is 2.00 bits per heavy atom. The number of hydrogen-bond donors (Lipinski definition) is 1. The number of hydrogen-bond acceptors (Lipinski definition) is 5. The van der Waals surface area contributed by atoms with E-state index in [1.165, 1.54) is 37.5 Å². The van der Waals surface area contributed by atoms with Gasteiger partial charge in [0, 0.05) is 5.69 Å². The Morgan fingerprint density at radius 2 is 1.50 bits per heavy atom. The zero-order valence-electron chi connectivity index (χ0n) is 18.7. The molecule has 0 aliphatic rings. The summed E-state index contributed by atoms with van der Waals surface area (Å²) in [5.74, 6) is -0.413. The number of halogens is 3. The molecule has 1 atom stereocenters. The van der Waals surface area contributed by atoms with Gasteiger partial charge in [0.25, 0.3) is 0 Å². The van der Waals surface area contributed by atoms with Crippen molar-refractivity contribution in [2.75, 3.05) is 12.4 Å². The highest BCUT2D eigenvalue weighted by atomic mass is 31.2. The van der Waals surface area contributed by atoms with Gasteiger partial charge in [0.15, 0.2) is 0 Å². The first-order chi connectivity index (χ1) is 14.9. The Balaban J connectivity index is 2.49. The van der Waals surface area contributed by atoms with Gasteiger partial charge in [-0.1, -0.05) is 24.3 Å². The van der Waals surface area contributed by atoms with Gasteiger partial charge in [-0.2, -0.15) is 13.2 Å². The molecule has 0 saturated carbocycles. The Labute approximate surface area is 187 Å². The standard InChI is InChI=1S/C23H29F3NO4P/c1-16(2)30-32(28,31-17(3)4)22(27-19-11-13-20(29-5)14-12-19)15-10-18-8-6-7-9-21(18)23(24,25)26/h6-17,22,27H,1-5H3/b15-10+/t22-/m1/s1. The van der Waals surface area contributed by atoms with Crippen LogP contribution in [0.25, 0.3) is 6.08 Å². The largest absolute Gasteiger partial charge is 0.497 e. The van der Waals surface area contributed by atoms with Crippen LogP contribution in [0.2, 0.25) is 0 Å². The lowest BCUT2D eigenvalue weighted by Gasteiger charge is -2.29. The van der Waals surface area contributed by atoms with Crippen molar-refractivity contribution in [3.8, 4) is 5.75 Å². The Kier molecular flexibility index (Phi) is 8.96. The number of methoxy groups -OCH3 is 1. The molecule has 2 aromatic rings. The third-order valence-electron chi connectivity index (χ3n) is 4.19. The molecule has 0 saturated heterocycles. The molecule has 0 amide bonds. The molecule has 5 nitrogen and oxygen atoms in total. The van der Waals surface area contributed by atoms with E-state index in [2.05, 4.69) is 5.32 Å². The van der Waals surface area contributed by atoms with Gasteiger partial charge in [0.1, 0.15) is 11.5 Å². The monoisotopic (exact) mass is 471 g/mol. The zero-order chi connectivity index (χ0) is 23.9. The number of rotatable bonds is 10. The average molecular weight is 471 g/mol. The van der Waals surface area contributed by atoms with E-state index in [1.807, 2.05) is 0 Å². The van der Waals surface area contributed by atoms with Crippen molar-refractivity contribution in [3.05, 3.63) is 65.7 Å². The molecule has 32 heavy (non-hydrogen) atoms. The molecule has 0 aliphatic heterocycles. The summed E-state index contributed by atoms with van der Waals surface area (Å²) in [7, 11) is -2.29. The summed E-state index contributed by atoms with van der Waals surface area (Å²) in [6.45, 7) is 6.85. The molecule has 0 aromatic heterocycles. The van der Waals surface area contributed by atoms with Gasteiger partial charge in [-0.25, -0.2) is 0 Å². The SMILES string of the molecule is COc1ccc(N[C@@H](/C=C/c2ccccc2C(F)(F)F)P(=O)(OC(C)C)OC(C)C)cc1. The van der Waals surface area contributed by atoms with Crippen LogP contribution >= 0.6 is 7.60 Å². The van der Waals surface area contributed by atoms with Crippen molar-refractivity contribution in [3.63, 3.8) is 0 Å². The van der Waals surface area contributed by atoms with Crippen molar-refractivity contribution < 1.29 is 31.5 Å². The average Bonchev–Trinajstić information content (AvgIpc) is 2.69. The summed E-state index contributed by atoms with van der Waals surface area (Å²) in [4.78, 5) is 0. The van der Waals surface area contributed by atoms with E-state index in [4.69, 9.17) is 13.8 Å². The van der Waals surface area contributed by atoms with Gasteiger partial charge in [-0.15, -0.1) is 0 Å². The second-order valence-electron chi connectivity index (χ2n) is 7.61. The van der Waals surface area contributed by atoms with Crippen LogP contribution in [0.3, 0.4) is 0 Å². The molecule has 0 radical (unpaired) electrons. The summed E-state index contributed by atoms with van der Waals surface area (Å²) < 4.78 is 70.5. The minimum absolute atomic E-state index is 0.0535. The second kappa shape index (κ2) is 11.0. The predicted molar refractivity (Wildman–Crippen MR) is 121 cm³/mol. The number of anilines is 1. The maximum absolute atomic E-state index is 13.8. The zero-order valence-corrected chi connectivity index (χ0v) is 19.6. The molecule has 0 heterocycles. The number of ether oxygens (including phenoxy) is 1. The van der Waals surface area contributed by atoms with Crippen LogP contribution in [0, 0.1) is 0 Å². The first-order valence-electron chi connectivity index (χ1n) is 10.2. The van der Waals surface area contributed by atoms with Crippen LogP contribution in [0.1, 0.15) is 38.8 Å². The topological polar surface area (TPSA) is 56.8 Å². The smallest absolute Gasteiger partial charge is 0.416 e. The molecule has 0 fully saturated rings. The van der Waals surface area contributed by atoms with E-state index < -0.39 is 37.3 Å². The molecule has 0 unspecified atom stereocenters. The lowest BCUT2D eigenvalue weighted by Crippen LogP contribution is -2.23. The maximum atomic E-state index is 13.8. The van der Waals surface area contributed by atoms with Crippen molar-refractivity contribution in [1.82, 2.24) is 0 Å². The highest BCUT2D eigenvalue weighted by molar-refractivity contribution is 7.55. The summed E-state index contributed by atoms with van der Waals surface area (Å²) in [5, 5.41) is 3.07. The fraction of sp³-hybridized carbons (Fsp3) is 0.391. The third kappa shape index (κ3) is 7.40. The highest BCUT2D eigenvalue weighted by Gasteiger charge is 2.37. The highest BCUT2D eigenvalue weighted by Crippen LogP contribution is 2.55. The van der Waals surface area contributed by atoms with Crippen LogP contribution in [0.4, 0.5) is 18.9 Å². The Morgan fingerprint density at radius 1 is 0.938 bits per heavy atom. The van der Waals surface area contributed by atoms with E-state index in [0.29, 0.717) is 11.4 Å². The number of alkyl halides is 3. The fourth-order valence-corrected chi connectivity index (χ4v) is 5.02. The first kappa shape index (κ1) is 26.0. The predicted octanol–water partition coefficient (Wildman–Crippen LogP) is 7.21. The van der Waals surface area contributed by atoms with Gasteiger partial charge in [-0.3, -0.25) is 4.57 Å². The van der Waals surface area contributed by atoms with Gasteiger partial charge < -0.3 is 19.1 Å². The molecule has 0 aliphatic carbocycles. The van der Waals surface area contributed by atoms with Crippen LogP contribution in [-0.4, -0.2) is 25.1 Å². The van der Waals surface area contributed by atoms with Gasteiger partial charge >= 0.3 is 13.8 Å². The lowest BCUT2D eigenvalue weighted by molar-refractivity contribution is -0.137.